The summed E-state index contributed by atoms with van der Waals surface area (Å²) in [6.45, 7) is 3.68. The minimum absolute atomic E-state index is 0.538. The highest BCUT2D eigenvalue weighted by molar-refractivity contribution is 5.74. The summed E-state index contributed by atoms with van der Waals surface area (Å²) in [6.07, 6.45) is 1.88. The summed E-state index contributed by atoms with van der Waals surface area (Å²) in [5.41, 5.74) is 0. The quantitative estimate of drug-likeness (QED) is 0.777. The SMILES string of the molecule is CCCc1ccc(C(C)C(=O)O)o1. The first kappa shape index (κ1) is 9.84. The van der Waals surface area contributed by atoms with Gasteiger partial charge in [0.25, 0.3) is 0 Å². The van der Waals surface area contributed by atoms with Gasteiger partial charge < -0.3 is 9.52 Å². The van der Waals surface area contributed by atoms with Crippen LogP contribution in [0.25, 0.3) is 0 Å². The molecule has 0 aromatic carbocycles. The van der Waals surface area contributed by atoms with Gasteiger partial charge in [0.15, 0.2) is 0 Å². The minimum atomic E-state index is -0.850. The molecule has 0 spiro atoms. The Kier molecular flexibility index (Phi) is 3.12. The Morgan fingerprint density at radius 2 is 2.31 bits per heavy atom. The Morgan fingerprint density at radius 3 is 2.85 bits per heavy atom. The lowest BCUT2D eigenvalue weighted by Crippen LogP contribution is -2.05. The number of aliphatic carboxylic acids is 1. The number of hydrogen-bond donors (Lipinski definition) is 1. The van der Waals surface area contributed by atoms with Crippen LogP contribution in [0, 0.1) is 0 Å². The fourth-order valence-electron chi connectivity index (χ4n) is 1.13. The monoisotopic (exact) mass is 182 g/mol. The fourth-order valence-corrected chi connectivity index (χ4v) is 1.13. The van der Waals surface area contributed by atoms with Crippen LogP contribution in [0.1, 0.15) is 37.7 Å². The molecule has 1 unspecified atom stereocenters. The van der Waals surface area contributed by atoms with Gasteiger partial charge in [0.05, 0.1) is 0 Å². The molecule has 0 aliphatic heterocycles. The fraction of sp³-hybridized carbons (Fsp3) is 0.500. The second kappa shape index (κ2) is 4.12. The molecular weight excluding hydrogens is 168 g/mol. The second-order valence-electron chi connectivity index (χ2n) is 3.11. The van der Waals surface area contributed by atoms with Crippen LogP contribution < -0.4 is 0 Å². The summed E-state index contributed by atoms with van der Waals surface area (Å²) >= 11 is 0. The highest BCUT2D eigenvalue weighted by Gasteiger charge is 2.17. The average Bonchev–Trinajstić information content (AvgIpc) is 2.52. The number of rotatable bonds is 4. The molecule has 0 aliphatic carbocycles. The van der Waals surface area contributed by atoms with E-state index in [0.717, 1.165) is 18.6 Å². The Morgan fingerprint density at radius 1 is 1.62 bits per heavy atom. The van der Waals surface area contributed by atoms with Gasteiger partial charge in [-0.25, -0.2) is 0 Å². The van der Waals surface area contributed by atoms with E-state index in [9.17, 15) is 4.79 Å². The molecule has 3 heteroatoms. The van der Waals surface area contributed by atoms with Crippen molar-refractivity contribution >= 4 is 5.97 Å². The van der Waals surface area contributed by atoms with Crippen LogP contribution >= 0.6 is 0 Å². The van der Waals surface area contributed by atoms with Gasteiger partial charge in [0.2, 0.25) is 0 Å². The molecule has 72 valence electrons. The Labute approximate surface area is 77.4 Å². The second-order valence-corrected chi connectivity index (χ2v) is 3.11. The topological polar surface area (TPSA) is 50.4 Å². The number of carbonyl (C=O) groups is 1. The van der Waals surface area contributed by atoms with Crippen molar-refractivity contribution in [3.05, 3.63) is 23.7 Å². The van der Waals surface area contributed by atoms with E-state index in [1.54, 1.807) is 13.0 Å². The highest BCUT2D eigenvalue weighted by atomic mass is 16.4. The molecule has 1 atom stereocenters. The predicted molar refractivity (Wildman–Crippen MR) is 48.8 cm³/mol. The Hall–Kier alpha value is -1.25. The van der Waals surface area contributed by atoms with Gasteiger partial charge in [-0.2, -0.15) is 0 Å². The lowest BCUT2D eigenvalue weighted by Gasteiger charge is -2.00. The number of carboxylic acids is 1. The Balaban J connectivity index is 2.73. The van der Waals surface area contributed by atoms with Crippen LogP contribution in [0.2, 0.25) is 0 Å². The molecule has 3 nitrogen and oxygen atoms in total. The van der Waals surface area contributed by atoms with E-state index in [-0.39, 0.29) is 0 Å². The molecular formula is C10H14O3. The molecule has 1 aromatic heterocycles. The van der Waals surface area contributed by atoms with Crippen molar-refractivity contribution in [1.82, 2.24) is 0 Å². The van der Waals surface area contributed by atoms with Crippen molar-refractivity contribution in [3.8, 4) is 0 Å². The average molecular weight is 182 g/mol. The minimum Gasteiger partial charge on any atom is -0.481 e. The van der Waals surface area contributed by atoms with Gasteiger partial charge in [-0.1, -0.05) is 6.92 Å². The van der Waals surface area contributed by atoms with Crippen LogP contribution in [-0.4, -0.2) is 11.1 Å². The van der Waals surface area contributed by atoms with Crippen molar-refractivity contribution in [2.45, 2.75) is 32.6 Å². The van der Waals surface area contributed by atoms with Gasteiger partial charge in [-0.05, 0) is 25.5 Å². The molecule has 0 saturated carbocycles. The van der Waals surface area contributed by atoms with E-state index in [4.69, 9.17) is 9.52 Å². The summed E-state index contributed by atoms with van der Waals surface area (Å²) in [5, 5.41) is 8.71. The van der Waals surface area contributed by atoms with Crippen molar-refractivity contribution in [2.24, 2.45) is 0 Å². The Bertz CT molecular complexity index is 288. The van der Waals surface area contributed by atoms with E-state index >= 15 is 0 Å². The first-order chi connectivity index (χ1) is 6.15. The van der Waals surface area contributed by atoms with E-state index in [1.165, 1.54) is 0 Å². The smallest absolute Gasteiger partial charge is 0.313 e. The van der Waals surface area contributed by atoms with Crippen LogP contribution in [0.4, 0.5) is 0 Å². The van der Waals surface area contributed by atoms with Gasteiger partial charge in [-0.15, -0.1) is 0 Å². The number of aryl methyl sites for hydroxylation is 1. The van der Waals surface area contributed by atoms with E-state index in [0.29, 0.717) is 5.76 Å². The van der Waals surface area contributed by atoms with Crippen molar-refractivity contribution in [2.75, 3.05) is 0 Å². The van der Waals surface area contributed by atoms with Crippen LogP contribution in [0.3, 0.4) is 0 Å². The van der Waals surface area contributed by atoms with Crippen LogP contribution in [0.5, 0.6) is 0 Å². The maximum absolute atomic E-state index is 10.6. The summed E-state index contributed by atoms with van der Waals surface area (Å²) < 4.78 is 5.37. The van der Waals surface area contributed by atoms with Gasteiger partial charge >= 0.3 is 5.97 Å². The van der Waals surface area contributed by atoms with Gasteiger partial charge in [-0.3, -0.25) is 4.79 Å². The lowest BCUT2D eigenvalue weighted by atomic mass is 10.1. The number of hydrogen-bond acceptors (Lipinski definition) is 2. The zero-order valence-corrected chi connectivity index (χ0v) is 7.91. The molecule has 0 amide bonds. The van der Waals surface area contributed by atoms with Gasteiger partial charge in [0.1, 0.15) is 17.4 Å². The number of carboxylic acid groups (broad SMARTS) is 1. The maximum Gasteiger partial charge on any atom is 0.313 e. The summed E-state index contributed by atoms with van der Waals surface area (Å²) in [5.74, 6) is 0.00422. The molecule has 1 N–H and O–H groups in total. The third kappa shape index (κ3) is 2.34. The van der Waals surface area contributed by atoms with Crippen LogP contribution in [0.15, 0.2) is 16.5 Å². The standard InChI is InChI=1S/C10H14O3/c1-3-4-8-5-6-9(13-8)7(2)10(11)12/h5-7H,3-4H2,1-2H3,(H,11,12). The molecule has 1 heterocycles. The summed E-state index contributed by atoms with van der Waals surface area (Å²) in [6, 6.07) is 3.59. The molecule has 0 radical (unpaired) electrons. The molecule has 0 bridgehead atoms. The molecule has 1 aromatic rings. The number of furan rings is 1. The largest absolute Gasteiger partial charge is 0.481 e. The molecule has 0 aliphatic rings. The first-order valence-corrected chi connectivity index (χ1v) is 4.46. The van der Waals surface area contributed by atoms with Crippen molar-refractivity contribution < 1.29 is 14.3 Å². The third-order valence-corrected chi connectivity index (χ3v) is 1.98. The zero-order valence-electron chi connectivity index (χ0n) is 7.91. The van der Waals surface area contributed by atoms with E-state index in [2.05, 4.69) is 6.92 Å². The predicted octanol–water partition coefficient (Wildman–Crippen LogP) is 2.42. The molecule has 1 rings (SSSR count). The van der Waals surface area contributed by atoms with Crippen LogP contribution in [-0.2, 0) is 11.2 Å². The van der Waals surface area contributed by atoms with E-state index in [1.807, 2.05) is 6.07 Å². The summed E-state index contributed by atoms with van der Waals surface area (Å²) in [4.78, 5) is 10.6. The third-order valence-electron chi connectivity index (χ3n) is 1.98. The molecule has 13 heavy (non-hydrogen) atoms. The van der Waals surface area contributed by atoms with Crippen molar-refractivity contribution in [3.63, 3.8) is 0 Å². The molecule has 0 saturated heterocycles. The zero-order chi connectivity index (χ0) is 9.84. The highest BCUT2D eigenvalue weighted by Crippen LogP contribution is 2.19. The lowest BCUT2D eigenvalue weighted by molar-refractivity contribution is -0.138. The van der Waals surface area contributed by atoms with Crippen molar-refractivity contribution in [1.29, 1.82) is 0 Å². The summed E-state index contributed by atoms with van der Waals surface area (Å²) in [7, 11) is 0. The van der Waals surface area contributed by atoms with E-state index < -0.39 is 11.9 Å². The van der Waals surface area contributed by atoms with Gasteiger partial charge in [0, 0.05) is 6.42 Å². The molecule has 0 fully saturated rings. The normalized spacial score (nSPS) is 12.8. The first-order valence-electron chi connectivity index (χ1n) is 4.46. The maximum atomic E-state index is 10.6.